The lowest BCUT2D eigenvalue weighted by molar-refractivity contribution is -0.140. The van der Waals surface area contributed by atoms with E-state index in [4.69, 9.17) is 0 Å². The van der Waals surface area contributed by atoms with Crippen LogP contribution in [0.5, 0.6) is 0 Å². The number of amides is 1. The molecule has 0 atom stereocenters. The van der Waals surface area contributed by atoms with Gasteiger partial charge in [-0.15, -0.1) is 0 Å². The van der Waals surface area contributed by atoms with E-state index in [0.29, 0.717) is 54.9 Å². The summed E-state index contributed by atoms with van der Waals surface area (Å²) in [5.41, 5.74) is 1.12. The van der Waals surface area contributed by atoms with Crippen LogP contribution in [0.1, 0.15) is 22.5 Å². The first-order chi connectivity index (χ1) is 16.9. The minimum atomic E-state index is -4.55. The number of hydrogen-bond acceptors (Lipinski definition) is 5. The number of pyridine rings is 3. The molecule has 1 aliphatic rings. The predicted molar refractivity (Wildman–Crippen MR) is 127 cm³/mol. The van der Waals surface area contributed by atoms with E-state index in [1.807, 2.05) is 35.2 Å². The van der Waals surface area contributed by atoms with E-state index in [0.717, 1.165) is 11.6 Å². The van der Waals surface area contributed by atoms with E-state index in [1.165, 1.54) is 6.07 Å². The molecule has 9 heteroatoms. The summed E-state index contributed by atoms with van der Waals surface area (Å²) < 4.78 is 40.5. The molecule has 5 rings (SSSR count). The molecule has 35 heavy (non-hydrogen) atoms. The van der Waals surface area contributed by atoms with Gasteiger partial charge >= 0.3 is 6.18 Å². The third kappa shape index (κ3) is 4.66. The average molecular weight is 477 g/mol. The maximum atomic E-state index is 13.5. The van der Waals surface area contributed by atoms with Crippen LogP contribution in [-0.2, 0) is 6.18 Å². The van der Waals surface area contributed by atoms with Crippen LogP contribution in [0.3, 0.4) is 0 Å². The van der Waals surface area contributed by atoms with Crippen LogP contribution < -0.4 is 4.90 Å². The van der Waals surface area contributed by atoms with Crippen molar-refractivity contribution in [3.8, 4) is 11.1 Å². The first-order valence-corrected chi connectivity index (χ1v) is 11.3. The highest BCUT2D eigenvalue weighted by Crippen LogP contribution is 2.36. The van der Waals surface area contributed by atoms with Crippen molar-refractivity contribution in [3.05, 3.63) is 84.4 Å². The molecule has 3 aromatic heterocycles. The molecule has 178 valence electrons. The molecule has 1 aliphatic heterocycles. The summed E-state index contributed by atoms with van der Waals surface area (Å²) in [5.74, 6) is 0.477. The fraction of sp³-hybridized carbons (Fsp3) is 0.231. The normalized spacial score (nSPS) is 14.7. The molecule has 0 aliphatic carbocycles. The third-order valence-electron chi connectivity index (χ3n) is 6.07. The van der Waals surface area contributed by atoms with Crippen molar-refractivity contribution in [3.63, 3.8) is 0 Å². The number of fused-ring (bicyclic) bond motifs is 1. The monoisotopic (exact) mass is 477 g/mol. The summed E-state index contributed by atoms with van der Waals surface area (Å²) in [7, 11) is 0. The Kier molecular flexibility index (Phi) is 6.07. The summed E-state index contributed by atoms with van der Waals surface area (Å²) in [6.45, 7) is 2.15. The van der Waals surface area contributed by atoms with Crippen LogP contribution in [0.4, 0.5) is 19.0 Å². The first kappa shape index (κ1) is 22.8. The van der Waals surface area contributed by atoms with Gasteiger partial charge in [-0.1, -0.05) is 30.3 Å². The van der Waals surface area contributed by atoms with Crippen molar-refractivity contribution in [2.45, 2.75) is 12.6 Å². The van der Waals surface area contributed by atoms with E-state index < -0.39 is 11.9 Å². The molecule has 0 N–H and O–H groups in total. The van der Waals surface area contributed by atoms with Gasteiger partial charge in [-0.25, -0.2) is 9.97 Å². The molecule has 1 aromatic carbocycles. The summed E-state index contributed by atoms with van der Waals surface area (Å²) in [4.78, 5) is 29.4. The molecular weight excluding hydrogens is 455 g/mol. The van der Waals surface area contributed by atoms with Crippen LogP contribution in [0.2, 0.25) is 0 Å². The van der Waals surface area contributed by atoms with Crippen molar-refractivity contribution >= 4 is 22.6 Å². The highest BCUT2D eigenvalue weighted by molar-refractivity contribution is 5.99. The number of carbonyl (C=O) groups excluding carboxylic acids is 1. The van der Waals surface area contributed by atoms with Crippen LogP contribution in [0.15, 0.2) is 73.2 Å². The van der Waals surface area contributed by atoms with E-state index in [9.17, 15) is 18.0 Å². The Morgan fingerprint density at radius 2 is 1.71 bits per heavy atom. The zero-order valence-electron chi connectivity index (χ0n) is 18.7. The van der Waals surface area contributed by atoms with Crippen molar-refractivity contribution in [1.29, 1.82) is 0 Å². The van der Waals surface area contributed by atoms with Gasteiger partial charge < -0.3 is 9.80 Å². The van der Waals surface area contributed by atoms with Gasteiger partial charge in [-0.05, 0) is 36.2 Å². The van der Waals surface area contributed by atoms with Crippen LogP contribution in [0.25, 0.3) is 22.0 Å². The zero-order chi connectivity index (χ0) is 24.4. The van der Waals surface area contributed by atoms with Crippen molar-refractivity contribution in [2.75, 3.05) is 31.1 Å². The highest BCUT2D eigenvalue weighted by atomic mass is 19.4. The second kappa shape index (κ2) is 9.32. The maximum Gasteiger partial charge on any atom is 0.433 e. The zero-order valence-corrected chi connectivity index (χ0v) is 18.7. The van der Waals surface area contributed by atoms with Gasteiger partial charge in [0.2, 0.25) is 0 Å². The molecule has 1 saturated heterocycles. The number of aromatic nitrogens is 3. The summed E-state index contributed by atoms with van der Waals surface area (Å²) in [6.07, 6.45) is 0.899. The second-order valence-corrected chi connectivity index (χ2v) is 8.33. The molecule has 0 saturated carbocycles. The number of benzene rings is 1. The lowest BCUT2D eigenvalue weighted by atomic mass is 10.0. The number of alkyl halides is 3. The van der Waals surface area contributed by atoms with E-state index in [-0.39, 0.29) is 11.4 Å². The van der Waals surface area contributed by atoms with Crippen LogP contribution in [0, 0.1) is 0 Å². The molecule has 4 aromatic rings. The van der Waals surface area contributed by atoms with Gasteiger partial charge in [-0.2, -0.15) is 13.2 Å². The molecule has 4 heterocycles. The van der Waals surface area contributed by atoms with E-state index >= 15 is 0 Å². The summed E-state index contributed by atoms with van der Waals surface area (Å²) in [6, 6.07) is 15.1. The maximum absolute atomic E-state index is 13.5. The van der Waals surface area contributed by atoms with Gasteiger partial charge in [0.05, 0.1) is 11.1 Å². The molecule has 0 bridgehead atoms. The van der Waals surface area contributed by atoms with E-state index in [1.54, 1.807) is 35.6 Å². The number of rotatable bonds is 3. The summed E-state index contributed by atoms with van der Waals surface area (Å²) >= 11 is 0. The quantitative estimate of drug-likeness (QED) is 0.413. The molecule has 1 amide bonds. The second-order valence-electron chi connectivity index (χ2n) is 8.33. The topological polar surface area (TPSA) is 62.2 Å². The van der Waals surface area contributed by atoms with Crippen molar-refractivity contribution in [1.82, 2.24) is 19.9 Å². The minimum Gasteiger partial charge on any atom is -0.354 e. The molecule has 1 fully saturated rings. The molecule has 0 unspecified atom stereocenters. The van der Waals surface area contributed by atoms with Crippen LogP contribution >= 0.6 is 0 Å². The smallest absolute Gasteiger partial charge is 0.354 e. The Balaban J connectivity index is 1.50. The minimum absolute atomic E-state index is 0.0892. The van der Waals surface area contributed by atoms with Gasteiger partial charge in [0.25, 0.3) is 5.91 Å². The molecule has 6 nitrogen and oxygen atoms in total. The number of anilines is 1. The SMILES string of the molecule is O=C(c1cccnc1)N1CCCN(c2ncc(-c3ccccc3)c3nc(C(F)(F)F)ccc23)CC1. The number of halogens is 3. The largest absolute Gasteiger partial charge is 0.433 e. The predicted octanol–water partition coefficient (Wildman–Crippen LogP) is 5.06. The number of nitrogens with zero attached hydrogens (tertiary/aromatic N) is 5. The van der Waals surface area contributed by atoms with Crippen molar-refractivity contribution in [2.24, 2.45) is 0 Å². The fourth-order valence-corrected chi connectivity index (χ4v) is 4.34. The van der Waals surface area contributed by atoms with Gasteiger partial charge in [0.15, 0.2) is 0 Å². The molecule has 0 radical (unpaired) electrons. The highest BCUT2D eigenvalue weighted by Gasteiger charge is 2.33. The average Bonchev–Trinajstić information content (AvgIpc) is 3.14. The first-order valence-electron chi connectivity index (χ1n) is 11.3. The molecule has 0 spiro atoms. The lowest BCUT2D eigenvalue weighted by Gasteiger charge is -2.24. The Morgan fingerprint density at radius 3 is 2.46 bits per heavy atom. The Morgan fingerprint density at radius 1 is 0.886 bits per heavy atom. The van der Waals surface area contributed by atoms with Crippen LogP contribution in [-0.4, -0.2) is 51.9 Å². The number of hydrogen-bond donors (Lipinski definition) is 0. The Labute approximate surface area is 200 Å². The number of carbonyl (C=O) groups is 1. The Hall–Kier alpha value is -4.01. The third-order valence-corrected chi connectivity index (χ3v) is 6.07. The van der Waals surface area contributed by atoms with Gasteiger partial charge in [0.1, 0.15) is 11.5 Å². The standard InChI is InChI=1S/C26H22F3N5O/c27-26(28,29)22-10-9-20-23(32-22)21(18-6-2-1-3-7-18)17-31-24(20)33-12-5-13-34(15-14-33)25(35)19-8-4-11-30-16-19/h1-4,6-11,16-17H,5,12-15H2. The Bertz CT molecular complexity index is 1350. The van der Waals surface area contributed by atoms with Gasteiger partial charge in [-0.3, -0.25) is 9.78 Å². The lowest BCUT2D eigenvalue weighted by Crippen LogP contribution is -2.35. The van der Waals surface area contributed by atoms with Crippen molar-refractivity contribution < 1.29 is 18.0 Å². The summed E-state index contributed by atoms with van der Waals surface area (Å²) in [5, 5.41) is 0.548. The molecular formula is C26H22F3N5O. The fourth-order valence-electron chi connectivity index (χ4n) is 4.34. The van der Waals surface area contributed by atoms with Gasteiger partial charge in [0, 0.05) is 55.7 Å². The van der Waals surface area contributed by atoms with E-state index in [2.05, 4.69) is 15.0 Å².